The summed E-state index contributed by atoms with van der Waals surface area (Å²) in [5.74, 6) is 0.607. The molecule has 0 bridgehead atoms. The minimum absolute atomic E-state index is 0. The quantitative estimate of drug-likeness (QED) is 0.0892. The maximum atomic E-state index is 11.8. The van der Waals surface area contributed by atoms with Gasteiger partial charge >= 0.3 is 0 Å². The van der Waals surface area contributed by atoms with Crippen LogP contribution in [0.25, 0.3) is 89.0 Å². The zero-order valence-corrected chi connectivity index (χ0v) is 48.3. The summed E-state index contributed by atoms with van der Waals surface area (Å²) in [6.07, 6.45) is 13.4. The van der Waals surface area contributed by atoms with Gasteiger partial charge in [0, 0.05) is 51.2 Å². The predicted octanol–water partition coefficient (Wildman–Crippen LogP) is 20.7. The molecule has 0 heterocycles. The van der Waals surface area contributed by atoms with Gasteiger partial charge < -0.3 is 10.2 Å². The molecule has 0 fully saturated rings. The molecule has 10 rings (SSSR count). The summed E-state index contributed by atoms with van der Waals surface area (Å²) in [7, 11) is 0.0675. The predicted molar refractivity (Wildman–Crippen MR) is 327 cm³/mol. The van der Waals surface area contributed by atoms with Gasteiger partial charge in [-0.3, -0.25) is 0 Å². The molecule has 0 saturated carbocycles. The Kier molecular flexibility index (Phi) is 22.3. The third-order valence-electron chi connectivity index (χ3n) is 13.8. The number of unbranched alkanes of at least 4 members (excludes halogenated alkanes) is 3. The van der Waals surface area contributed by atoms with Crippen LogP contribution in [-0.4, -0.2) is 28.7 Å². The second kappa shape index (κ2) is 29.9. The SMILES string of the molecule is CCCC[PH+](CCCC)CCCC.Oc1c(-c2ccccc2)c(-c2ccccc2)cc(-c2ccccc2)c1-c1ccccc1.Oc1c(-c2ccccc2)c(-c2ccccc2)cc(-c2ccccc2)c1-c1ccccc1.[W]. The van der Waals surface area contributed by atoms with E-state index in [2.05, 4.69) is 130 Å². The first-order chi connectivity index (χ1) is 37.0. The van der Waals surface area contributed by atoms with Crippen LogP contribution in [0.3, 0.4) is 0 Å². The Morgan fingerprint density at radius 1 is 0.263 bits per heavy atom. The standard InChI is InChI=1S/2C30H22O.C12H27P.W/c2*31-30-28(24-17-9-3-10-18-24)26(22-13-5-1-6-14-22)21-27(23-15-7-2-8-16-23)29(30)25-19-11-4-12-20-25;1-4-7-10-13(11-8-5-2)12-9-6-3;/h2*1-21,31H;4-12H2,1-3H3;/p+1. The molecule has 10 aromatic rings. The molecule has 0 spiro atoms. The number of benzene rings is 10. The summed E-state index contributed by atoms with van der Waals surface area (Å²) in [4.78, 5) is 0. The molecule has 10 aromatic carbocycles. The number of rotatable bonds is 17. The Bertz CT molecular complexity index is 2810. The molecule has 0 aromatic heterocycles. The molecule has 0 aliphatic rings. The first kappa shape index (κ1) is 56.6. The van der Waals surface area contributed by atoms with E-state index in [9.17, 15) is 10.2 Å². The average Bonchev–Trinajstić information content (AvgIpc) is 3.50. The molecule has 76 heavy (non-hydrogen) atoms. The van der Waals surface area contributed by atoms with E-state index in [1.54, 1.807) is 18.5 Å². The van der Waals surface area contributed by atoms with Gasteiger partial charge in [-0.15, -0.1) is 0 Å². The molecule has 2 nitrogen and oxygen atoms in total. The Morgan fingerprint density at radius 2 is 0.434 bits per heavy atom. The maximum Gasteiger partial charge on any atom is 0.132 e. The zero-order chi connectivity index (χ0) is 52.0. The molecule has 0 amide bonds. The van der Waals surface area contributed by atoms with Gasteiger partial charge in [-0.1, -0.05) is 283 Å². The summed E-state index contributed by atoms with van der Waals surface area (Å²) in [6, 6.07) is 86.1. The van der Waals surface area contributed by atoms with Crippen LogP contribution in [0.4, 0.5) is 0 Å². The van der Waals surface area contributed by atoms with Crippen molar-refractivity contribution in [2.45, 2.75) is 59.3 Å². The van der Waals surface area contributed by atoms with Crippen molar-refractivity contribution >= 4 is 7.92 Å². The van der Waals surface area contributed by atoms with E-state index in [1.807, 2.05) is 146 Å². The molecule has 0 radical (unpaired) electrons. The Morgan fingerprint density at radius 3 is 0.605 bits per heavy atom. The van der Waals surface area contributed by atoms with Crippen molar-refractivity contribution in [2.24, 2.45) is 0 Å². The third-order valence-corrected chi connectivity index (χ3v) is 17.0. The van der Waals surface area contributed by atoms with Gasteiger partial charge in [0.15, 0.2) is 0 Å². The third kappa shape index (κ3) is 14.6. The van der Waals surface area contributed by atoms with Gasteiger partial charge in [0.25, 0.3) is 0 Å². The largest absolute Gasteiger partial charge is 0.507 e. The second-order valence-corrected chi connectivity index (χ2v) is 22.1. The molecular weight excluding hydrogens is 1110 g/mol. The fourth-order valence-corrected chi connectivity index (χ4v) is 13.3. The van der Waals surface area contributed by atoms with Crippen LogP contribution < -0.4 is 0 Å². The number of phenolic OH excluding ortho intramolecular Hbond substituents is 2. The van der Waals surface area contributed by atoms with Crippen molar-refractivity contribution in [3.05, 3.63) is 255 Å². The Labute approximate surface area is 469 Å². The van der Waals surface area contributed by atoms with Crippen LogP contribution in [0.1, 0.15) is 59.3 Å². The van der Waals surface area contributed by atoms with Crippen molar-refractivity contribution in [3.8, 4) is 101 Å². The van der Waals surface area contributed by atoms with Crippen LogP contribution in [0.5, 0.6) is 11.5 Å². The van der Waals surface area contributed by atoms with E-state index in [1.165, 1.54) is 38.5 Å². The van der Waals surface area contributed by atoms with Gasteiger partial charge in [-0.05, 0) is 98.2 Å². The van der Waals surface area contributed by atoms with E-state index in [4.69, 9.17) is 0 Å². The van der Waals surface area contributed by atoms with Crippen molar-refractivity contribution in [1.82, 2.24) is 0 Å². The number of phenols is 2. The minimum Gasteiger partial charge on any atom is -0.507 e. The smallest absolute Gasteiger partial charge is 0.132 e. The molecule has 0 unspecified atom stereocenters. The van der Waals surface area contributed by atoms with Crippen molar-refractivity contribution in [3.63, 3.8) is 0 Å². The summed E-state index contributed by atoms with van der Waals surface area (Å²) < 4.78 is 0. The zero-order valence-electron chi connectivity index (χ0n) is 44.4. The first-order valence-electron chi connectivity index (χ1n) is 27.1. The van der Waals surface area contributed by atoms with Crippen LogP contribution in [0, 0.1) is 0 Å². The molecule has 0 aliphatic heterocycles. The van der Waals surface area contributed by atoms with Crippen LogP contribution >= 0.6 is 7.92 Å². The van der Waals surface area contributed by atoms with Crippen LogP contribution in [-0.2, 0) is 21.1 Å². The fourth-order valence-electron chi connectivity index (χ4n) is 9.96. The van der Waals surface area contributed by atoms with E-state index in [0.29, 0.717) is 11.5 Å². The van der Waals surface area contributed by atoms with E-state index in [-0.39, 0.29) is 29.0 Å². The minimum atomic E-state index is 0. The van der Waals surface area contributed by atoms with Crippen molar-refractivity contribution < 1.29 is 31.3 Å². The number of hydrogen-bond donors (Lipinski definition) is 2. The molecular formula is C72H72O2PW+. The van der Waals surface area contributed by atoms with Crippen molar-refractivity contribution in [2.75, 3.05) is 18.5 Å². The average molecular weight is 1180 g/mol. The molecule has 0 aliphatic carbocycles. The number of aromatic hydroxyl groups is 2. The van der Waals surface area contributed by atoms with E-state index >= 15 is 0 Å². The summed E-state index contributed by atoms with van der Waals surface area (Å²) in [5.41, 5.74) is 15.8. The van der Waals surface area contributed by atoms with Gasteiger partial charge in [0.2, 0.25) is 0 Å². The molecule has 0 saturated heterocycles. The van der Waals surface area contributed by atoms with Gasteiger partial charge in [-0.25, -0.2) is 0 Å². The molecule has 0 atom stereocenters. The summed E-state index contributed by atoms with van der Waals surface area (Å²) >= 11 is 0. The van der Waals surface area contributed by atoms with Gasteiger partial charge in [0.1, 0.15) is 11.5 Å². The van der Waals surface area contributed by atoms with Gasteiger partial charge in [-0.2, -0.15) is 0 Å². The van der Waals surface area contributed by atoms with Crippen LogP contribution in [0.2, 0.25) is 0 Å². The topological polar surface area (TPSA) is 40.5 Å². The van der Waals surface area contributed by atoms with E-state index < -0.39 is 0 Å². The molecule has 4 heteroatoms. The Balaban J connectivity index is 0.000000179. The Hall–Kier alpha value is -7.08. The van der Waals surface area contributed by atoms with Crippen LogP contribution in [0.15, 0.2) is 255 Å². The summed E-state index contributed by atoms with van der Waals surface area (Å²) in [5, 5.41) is 23.6. The molecule has 2 N–H and O–H groups in total. The molecule has 382 valence electrons. The fraction of sp³-hybridized carbons (Fsp3) is 0.167. The first-order valence-corrected chi connectivity index (χ1v) is 29.2. The summed E-state index contributed by atoms with van der Waals surface area (Å²) in [6.45, 7) is 6.96. The van der Waals surface area contributed by atoms with E-state index in [0.717, 1.165) is 89.0 Å². The van der Waals surface area contributed by atoms with Gasteiger partial charge in [0.05, 0.1) is 18.5 Å². The van der Waals surface area contributed by atoms with Crippen molar-refractivity contribution in [1.29, 1.82) is 0 Å². The normalized spacial score (nSPS) is 10.6. The number of hydrogen-bond acceptors (Lipinski definition) is 2. The maximum absolute atomic E-state index is 11.8. The second-order valence-electron chi connectivity index (χ2n) is 19.1. The monoisotopic (exact) mass is 1180 g/mol.